The molecule has 0 saturated heterocycles. The predicted molar refractivity (Wildman–Crippen MR) is 77.6 cm³/mol. The third-order valence-electron chi connectivity index (χ3n) is 3.55. The van der Waals surface area contributed by atoms with Gasteiger partial charge in [0, 0.05) is 5.56 Å². The minimum atomic E-state index is -1.07. The molecule has 2 rings (SSSR count). The van der Waals surface area contributed by atoms with E-state index in [9.17, 15) is 5.11 Å². The van der Waals surface area contributed by atoms with Gasteiger partial charge >= 0.3 is 0 Å². The average Bonchev–Trinajstić information content (AvgIpc) is 2.39. The largest absolute Gasteiger partial charge is 0.496 e. The number of ether oxygens (including phenoxy) is 1. The number of benzene rings is 2. The van der Waals surface area contributed by atoms with E-state index >= 15 is 0 Å². The van der Waals surface area contributed by atoms with E-state index < -0.39 is 5.60 Å². The molecule has 1 unspecified atom stereocenters. The van der Waals surface area contributed by atoms with Crippen LogP contribution in [0.3, 0.4) is 0 Å². The number of aliphatic hydroxyl groups is 1. The highest BCUT2D eigenvalue weighted by Gasteiger charge is 2.30. The van der Waals surface area contributed by atoms with Crippen LogP contribution in [0.15, 0.2) is 42.5 Å². The van der Waals surface area contributed by atoms with E-state index in [1.807, 2.05) is 63.2 Å². The van der Waals surface area contributed by atoms with Crippen LogP contribution in [0, 0.1) is 13.8 Å². The van der Waals surface area contributed by atoms with Gasteiger partial charge in [-0.3, -0.25) is 0 Å². The number of aryl methyl sites for hydroxylation is 2. The maximum absolute atomic E-state index is 11.0. The van der Waals surface area contributed by atoms with Crippen LogP contribution in [-0.4, -0.2) is 12.2 Å². The summed E-state index contributed by atoms with van der Waals surface area (Å²) < 4.78 is 5.39. The van der Waals surface area contributed by atoms with Crippen LogP contribution in [0.1, 0.15) is 29.2 Å². The van der Waals surface area contributed by atoms with Crippen LogP contribution in [0.2, 0.25) is 0 Å². The summed E-state index contributed by atoms with van der Waals surface area (Å²) in [5, 5.41) is 11.0. The zero-order chi connectivity index (χ0) is 14.0. The predicted octanol–water partition coefficient (Wildman–Crippen LogP) is 3.57. The van der Waals surface area contributed by atoms with Crippen molar-refractivity contribution in [2.24, 2.45) is 0 Å². The van der Waals surface area contributed by atoms with E-state index in [4.69, 9.17) is 4.74 Å². The second kappa shape index (κ2) is 5.06. The average molecular weight is 256 g/mol. The first kappa shape index (κ1) is 13.6. The minimum Gasteiger partial charge on any atom is -0.496 e. The number of hydrogen-bond donors (Lipinski definition) is 1. The molecule has 0 aliphatic rings. The summed E-state index contributed by atoms with van der Waals surface area (Å²) in [4.78, 5) is 0. The van der Waals surface area contributed by atoms with E-state index in [2.05, 4.69) is 0 Å². The highest BCUT2D eigenvalue weighted by Crippen LogP contribution is 2.37. The maximum Gasteiger partial charge on any atom is 0.125 e. The van der Waals surface area contributed by atoms with Gasteiger partial charge in [-0.2, -0.15) is 0 Å². The lowest BCUT2D eigenvalue weighted by Gasteiger charge is -2.28. The third-order valence-corrected chi connectivity index (χ3v) is 3.55. The van der Waals surface area contributed by atoms with Crippen molar-refractivity contribution in [3.8, 4) is 5.75 Å². The summed E-state index contributed by atoms with van der Waals surface area (Å²) in [6.45, 7) is 5.83. The molecule has 0 spiro atoms. The molecule has 1 atom stereocenters. The fourth-order valence-electron chi connectivity index (χ4n) is 2.47. The summed E-state index contributed by atoms with van der Waals surface area (Å²) in [7, 11) is 1.63. The van der Waals surface area contributed by atoms with Crippen molar-refractivity contribution >= 4 is 0 Å². The Morgan fingerprint density at radius 2 is 1.68 bits per heavy atom. The van der Waals surface area contributed by atoms with Crippen molar-refractivity contribution in [3.63, 3.8) is 0 Å². The molecule has 0 aromatic heterocycles. The molecule has 2 aromatic rings. The lowest BCUT2D eigenvalue weighted by molar-refractivity contribution is 0.0982. The second-order valence-corrected chi connectivity index (χ2v) is 5.09. The minimum absolute atomic E-state index is 0.707. The normalized spacial score (nSPS) is 13.9. The number of rotatable bonds is 3. The molecule has 0 saturated carbocycles. The highest BCUT2D eigenvalue weighted by atomic mass is 16.5. The maximum atomic E-state index is 11.0. The topological polar surface area (TPSA) is 29.5 Å². The van der Waals surface area contributed by atoms with Crippen molar-refractivity contribution in [3.05, 3.63) is 64.7 Å². The van der Waals surface area contributed by atoms with E-state index in [1.165, 1.54) is 0 Å². The molecule has 100 valence electrons. The molecule has 0 radical (unpaired) electrons. The standard InChI is InChI=1S/C17H20O2/c1-12-9-10-16(19-4)15(11-12)17(3,18)14-8-6-5-7-13(14)2/h5-11,18H,1-4H3. The fraction of sp³-hybridized carbons (Fsp3) is 0.294. The van der Waals surface area contributed by atoms with Gasteiger partial charge in [0.2, 0.25) is 0 Å². The van der Waals surface area contributed by atoms with Crippen LogP contribution in [-0.2, 0) is 5.60 Å². The molecule has 0 bridgehead atoms. The molecule has 2 nitrogen and oxygen atoms in total. The zero-order valence-electron chi connectivity index (χ0n) is 11.9. The molecule has 2 aromatic carbocycles. The first-order valence-corrected chi connectivity index (χ1v) is 6.40. The van der Waals surface area contributed by atoms with Gasteiger partial charge in [-0.15, -0.1) is 0 Å². The molecular formula is C17H20O2. The van der Waals surface area contributed by atoms with Gasteiger partial charge in [-0.05, 0) is 44.0 Å². The molecular weight excluding hydrogens is 236 g/mol. The van der Waals surface area contributed by atoms with Crippen LogP contribution in [0.5, 0.6) is 5.75 Å². The van der Waals surface area contributed by atoms with E-state index in [1.54, 1.807) is 7.11 Å². The van der Waals surface area contributed by atoms with Crippen LogP contribution < -0.4 is 4.74 Å². The molecule has 0 amide bonds. The van der Waals surface area contributed by atoms with Gasteiger partial charge in [0.15, 0.2) is 0 Å². The summed E-state index contributed by atoms with van der Waals surface area (Å²) in [5.74, 6) is 0.707. The monoisotopic (exact) mass is 256 g/mol. The van der Waals surface area contributed by atoms with Crippen LogP contribution in [0.25, 0.3) is 0 Å². The fourth-order valence-corrected chi connectivity index (χ4v) is 2.47. The Bertz CT molecular complexity index is 586. The summed E-state index contributed by atoms with van der Waals surface area (Å²) in [5.41, 5.74) is 2.80. The van der Waals surface area contributed by atoms with Crippen molar-refractivity contribution in [2.75, 3.05) is 7.11 Å². The van der Waals surface area contributed by atoms with Gasteiger partial charge in [0.1, 0.15) is 11.4 Å². The van der Waals surface area contributed by atoms with Crippen LogP contribution in [0.4, 0.5) is 0 Å². The van der Waals surface area contributed by atoms with E-state index in [0.717, 1.165) is 22.3 Å². The smallest absolute Gasteiger partial charge is 0.125 e. The lowest BCUT2D eigenvalue weighted by Crippen LogP contribution is -2.24. The van der Waals surface area contributed by atoms with Crippen LogP contribution >= 0.6 is 0 Å². The van der Waals surface area contributed by atoms with Crippen molar-refractivity contribution < 1.29 is 9.84 Å². The summed E-state index contributed by atoms with van der Waals surface area (Å²) in [6, 6.07) is 13.7. The Hall–Kier alpha value is -1.80. The van der Waals surface area contributed by atoms with E-state index in [-0.39, 0.29) is 0 Å². The molecule has 0 heterocycles. The molecule has 1 N–H and O–H groups in total. The SMILES string of the molecule is COc1ccc(C)cc1C(C)(O)c1ccccc1C. The first-order valence-electron chi connectivity index (χ1n) is 6.40. The molecule has 19 heavy (non-hydrogen) atoms. The van der Waals surface area contributed by atoms with Gasteiger partial charge < -0.3 is 9.84 Å². The highest BCUT2D eigenvalue weighted by molar-refractivity contribution is 5.47. The van der Waals surface area contributed by atoms with Gasteiger partial charge in [-0.25, -0.2) is 0 Å². The molecule has 0 aliphatic heterocycles. The van der Waals surface area contributed by atoms with Crippen molar-refractivity contribution in [1.82, 2.24) is 0 Å². The Kier molecular flexibility index (Phi) is 3.63. The molecule has 2 heteroatoms. The zero-order valence-corrected chi connectivity index (χ0v) is 11.9. The Labute approximate surface area is 114 Å². The third kappa shape index (κ3) is 2.49. The Morgan fingerprint density at radius 1 is 1.00 bits per heavy atom. The quantitative estimate of drug-likeness (QED) is 0.909. The Morgan fingerprint density at radius 3 is 2.32 bits per heavy atom. The number of methoxy groups -OCH3 is 1. The molecule has 0 fully saturated rings. The van der Waals surface area contributed by atoms with Crippen molar-refractivity contribution in [1.29, 1.82) is 0 Å². The molecule has 0 aliphatic carbocycles. The summed E-state index contributed by atoms with van der Waals surface area (Å²) >= 11 is 0. The lowest BCUT2D eigenvalue weighted by atomic mass is 9.84. The van der Waals surface area contributed by atoms with E-state index in [0.29, 0.717) is 5.75 Å². The van der Waals surface area contributed by atoms with Gasteiger partial charge in [-0.1, -0.05) is 35.9 Å². The Balaban J connectivity index is 2.62. The van der Waals surface area contributed by atoms with Crippen molar-refractivity contribution in [2.45, 2.75) is 26.4 Å². The first-order chi connectivity index (χ1) is 8.96. The summed E-state index contributed by atoms with van der Waals surface area (Å²) in [6.07, 6.45) is 0. The second-order valence-electron chi connectivity index (χ2n) is 5.09. The van der Waals surface area contributed by atoms with Gasteiger partial charge in [0.25, 0.3) is 0 Å². The van der Waals surface area contributed by atoms with Gasteiger partial charge in [0.05, 0.1) is 7.11 Å². The number of hydrogen-bond acceptors (Lipinski definition) is 2.